The molecule has 0 aliphatic rings. The number of benzene rings is 2. The first-order valence-corrected chi connectivity index (χ1v) is 8.71. The number of ether oxygens (including phenoxy) is 1. The second kappa shape index (κ2) is 9.80. The summed E-state index contributed by atoms with van der Waals surface area (Å²) in [5, 5.41) is 8.34. The van der Waals surface area contributed by atoms with Crippen molar-refractivity contribution in [2.45, 2.75) is 6.92 Å². The van der Waals surface area contributed by atoms with Crippen molar-refractivity contribution in [1.29, 1.82) is 0 Å². The van der Waals surface area contributed by atoms with Gasteiger partial charge in [0.05, 0.1) is 23.9 Å². The third kappa shape index (κ3) is 6.47. The third-order valence-corrected chi connectivity index (χ3v) is 3.85. The number of halogens is 2. The summed E-state index contributed by atoms with van der Waals surface area (Å²) in [6.07, 6.45) is -0.578. The van der Waals surface area contributed by atoms with Crippen LogP contribution in [-0.4, -0.2) is 31.1 Å². The zero-order valence-electron chi connectivity index (χ0n) is 14.3. The van der Waals surface area contributed by atoms with Crippen LogP contribution >= 0.6 is 23.2 Å². The van der Waals surface area contributed by atoms with E-state index in [4.69, 9.17) is 27.9 Å². The quantitative estimate of drug-likeness (QED) is 0.672. The number of amides is 3. The van der Waals surface area contributed by atoms with E-state index in [2.05, 4.69) is 16.0 Å². The molecule has 7 nitrogen and oxygen atoms in total. The molecule has 0 fully saturated rings. The van der Waals surface area contributed by atoms with Crippen molar-refractivity contribution >= 4 is 52.5 Å². The van der Waals surface area contributed by atoms with Crippen LogP contribution in [0.4, 0.5) is 16.2 Å². The maximum atomic E-state index is 12.1. The number of anilines is 2. The molecule has 2 rings (SSSR count). The van der Waals surface area contributed by atoms with E-state index in [-0.39, 0.29) is 13.2 Å². The maximum absolute atomic E-state index is 12.1. The first kappa shape index (κ1) is 20.5. The smallest absolute Gasteiger partial charge is 0.411 e. The van der Waals surface area contributed by atoms with Crippen molar-refractivity contribution in [2.24, 2.45) is 0 Å². The van der Waals surface area contributed by atoms with Crippen LogP contribution in [0.5, 0.6) is 0 Å². The van der Waals surface area contributed by atoms with Crippen molar-refractivity contribution in [3.63, 3.8) is 0 Å². The molecule has 2 aromatic rings. The predicted octanol–water partition coefficient (Wildman–Crippen LogP) is 3.93. The van der Waals surface area contributed by atoms with Crippen LogP contribution in [0.3, 0.4) is 0 Å². The van der Waals surface area contributed by atoms with Crippen LogP contribution in [0.1, 0.15) is 17.3 Å². The van der Waals surface area contributed by atoms with E-state index in [0.29, 0.717) is 27.0 Å². The van der Waals surface area contributed by atoms with E-state index in [1.807, 2.05) is 0 Å². The predicted molar refractivity (Wildman–Crippen MR) is 105 cm³/mol. The summed E-state index contributed by atoms with van der Waals surface area (Å²) in [5.41, 5.74) is 1.18. The van der Waals surface area contributed by atoms with Gasteiger partial charge in [-0.25, -0.2) is 4.79 Å². The molecule has 0 radical (unpaired) electrons. The Morgan fingerprint density at radius 2 is 1.70 bits per heavy atom. The van der Waals surface area contributed by atoms with Crippen LogP contribution in [0, 0.1) is 0 Å². The van der Waals surface area contributed by atoms with Gasteiger partial charge in [0.2, 0.25) is 5.91 Å². The molecule has 142 valence electrons. The SMILES string of the molecule is CCOC(=O)Nc1ccc(C(=O)NCC(=O)Nc2cc(Cl)ccc2Cl)cc1. The minimum Gasteiger partial charge on any atom is -0.450 e. The highest BCUT2D eigenvalue weighted by molar-refractivity contribution is 6.35. The van der Waals surface area contributed by atoms with E-state index in [9.17, 15) is 14.4 Å². The Balaban J connectivity index is 1.86. The van der Waals surface area contributed by atoms with E-state index in [1.165, 1.54) is 18.2 Å². The van der Waals surface area contributed by atoms with Gasteiger partial charge < -0.3 is 15.4 Å². The van der Waals surface area contributed by atoms with Crippen LogP contribution in [0.25, 0.3) is 0 Å². The van der Waals surface area contributed by atoms with Crippen molar-refractivity contribution < 1.29 is 19.1 Å². The largest absolute Gasteiger partial charge is 0.450 e. The Morgan fingerprint density at radius 3 is 2.37 bits per heavy atom. The molecular weight excluding hydrogens is 393 g/mol. The van der Waals surface area contributed by atoms with Crippen LogP contribution in [0.15, 0.2) is 42.5 Å². The van der Waals surface area contributed by atoms with Gasteiger partial charge in [-0.05, 0) is 49.4 Å². The molecule has 0 aromatic heterocycles. The fourth-order valence-electron chi connectivity index (χ4n) is 2.04. The third-order valence-electron chi connectivity index (χ3n) is 3.28. The van der Waals surface area contributed by atoms with E-state index in [1.54, 1.807) is 31.2 Å². The lowest BCUT2D eigenvalue weighted by Crippen LogP contribution is -2.32. The van der Waals surface area contributed by atoms with E-state index < -0.39 is 17.9 Å². The number of carbonyl (C=O) groups is 3. The average Bonchev–Trinajstić information content (AvgIpc) is 2.63. The highest BCUT2D eigenvalue weighted by Crippen LogP contribution is 2.25. The lowest BCUT2D eigenvalue weighted by Gasteiger charge is -2.09. The Hall–Kier alpha value is -2.77. The number of hydrogen-bond acceptors (Lipinski definition) is 4. The Labute approximate surface area is 166 Å². The molecule has 3 amide bonds. The summed E-state index contributed by atoms with van der Waals surface area (Å²) in [5.74, 6) is -0.891. The highest BCUT2D eigenvalue weighted by atomic mass is 35.5. The lowest BCUT2D eigenvalue weighted by molar-refractivity contribution is -0.115. The number of hydrogen-bond donors (Lipinski definition) is 3. The minimum atomic E-state index is -0.578. The van der Waals surface area contributed by atoms with Gasteiger partial charge in [0.15, 0.2) is 0 Å². The van der Waals surface area contributed by atoms with Crippen molar-refractivity contribution in [3.8, 4) is 0 Å². The summed E-state index contributed by atoms with van der Waals surface area (Å²) < 4.78 is 4.76. The summed E-state index contributed by atoms with van der Waals surface area (Å²) in [6.45, 7) is 1.71. The Morgan fingerprint density at radius 1 is 1.00 bits per heavy atom. The zero-order valence-corrected chi connectivity index (χ0v) is 15.9. The molecule has 0 aliphatic heterocycles. The van der Waals surface area contributed by atoms with Gasteiger partial charge in [0, 0.05) is 16.3 Å². The van der Waals surface area contributed by atoms with Crippen molar-refractivity contribution in [1.82, 2.24) is 5.32 Å². The summed E-state index contributed by atoms with van der Waals surface area (Å²) in [6, 6.07) is 10.8. The van der Waals surface area contributed by atoms with E-state index >= 15 is 0 Å². The minimum absolute atomic E-state index is 0.246. The average molecular weight is 410 g/mol. The first-order chi connectivity index (χ1) is 12.9. The molecule has 0 saturated heterocycles. The molecule has 9 heteroatoms. The molecule has 2 aromatic carbocycles. The standard InChI is InChI=1S/C18H17Cl2N3O4/c1-2-27-18(26)22-13-6-3-11(4-7-13)17(25)21-10-16(24)23-15-9-12(19)5-8-14(15)20/h3-9H,2,10H2,1H3,(H,21,25)(H,22,26)(H,23,24). The van der Waals surface area contributed by atoms with Crippen LogP contribution < -0.4 is 16.0 Å². The van der Waals surface area contributed by atoms with Crippen molar-refractivity contribution in [2.75, 3.05) is 23.8 Å². The van der Waals surface area contributed by atoms with Gasteiger partial charge in [-0.3, -0.25) is 14.9 Å². The first-order valence-electron chi connectivity index (χ1n) is 7.96. The molecule has 0 bridgehead atoms. The topological polar surface area (TPSA) is 96.5 Å². The molecule has 27 heavy (non-hydrogen) atoms. The Kier molecular flexibility index (Phi) is 7.45. The monoisotopic (exact) mass is 409 g/mol. The number of nitrogens with one attached hydrogen (secondary N) is 3. The fraction of sp³-hybridized carbons (Fsp3) is 0.167. The summed E-state index contributed by atoms with van der Waals surface area (Å²) >= 11 is 11.8. The summed E-state index contributed by atoms with van der Waals surface area (Å²) in [4.78, 5) is 35.4. The molecule has 0 atom stereocenters. The molecule has 0 saturated carbocycles. The molecule has 0 spiro atoms. The second-order valence-electron chi connectivity index (χ2n) is 5.28. The molecular formula is C18H17Cl2N3O4. The van der Waals surface area contributed by atoms with Gasteiger partial charge in [-0.15, -0.1) is 0 Å². The molecule has 0 heterocycles. The highest BCUT2D eigenvalue weighted by Gasteiger charge is 2.11. The van der Waals surface area contributed by atoms with Crippen LogP contribution in [-0.2, 0) is 9.53 Å². The van der Waals surface area contributed by atoms with Gasteiger partial charge in [-0.1, -0.05) is 23.2 Å². The van der Waals surface area contributed by atoms with Gasteiger partial charge in [0.1, 0.15) is 0 Å². The van der Waals surface area contributed by atoms with Crippen LogP contribution in [0.2, 0.25) is 10.0 Å². The van der Waals surface area contributed by atoms with Gasteiger partial charge in [0.25, 0.3) is 5.91 Å². The number of carbonyl (C=O) groups excluding carboxylic acids is 3. The fourth-order valence-corrected chi connectivity index (χ4v) is 2.38. The Bertz CT molecular complexity index is 841. The number of rotatable bonds is 6. The molecule has 3 N–H and O–H groups in total. The van der Waals surface area contributed by atoms with Gasteiger partial charge >= 0.3 is 6.09 Å². The molecule has 0 unspecified atom stereocenters. The van der Waals surface area contributed by atoms with E-state index in [0.717, 1.165) is 0 Å². The normalized spacial score (nSPS) is 10.0. The molecule has 0 aliphatic carbocycles. The zero-order chi connectivity index (χ0) is 19.8. The summed E-state index contributed by atoms with van der Waals surface area (Å²) in [7, 11) is 0. The second-order valence-corrected chi connectivity index (χ2v) is 6.12. The maximum Gasteiger partial charge on any atom is 0.411 e. The lowest BCUT2D eigenvalue weighted by atomic mass is 10.2. The van der Waals surface area contributed by atoms with Gasteiger partial charge in [-0.2, -0.15) is 0 Å². The van der Waals surface area contributed by atoms with Crippen molar-refractivity contribution in [3.05, 3.63) is 58.1 Å².